The van der Waals surface area contributed by atoms with Crippen molar-refractivity contribution in [3.63, 3.8) is 0 Å². The zero-order valence-corrected chi connectivity index (χ0v) is 9.98. The van der Waals surface area contributed by atoms with Crippen LogP contribution in [0.5, 0.6) is 0 Å². The minimum atomic E-state index is 0.116. The number of hydrogen-bond acceptors (Lipinski definition) is 1. The van der Waals surface area contributed by atoms with Gasteiger partial charge < -0.3 is 4.90 Å². The number of rotatable bonds is 1. The van der Waals surface area contributed by atoms with Gasteiger partial charge in [0.15, 0.2) is 0 Å². The molecule has 1 aliphatic rings. The molecule has 1 saturated heterocycles. The molecule has 2 nitrogen and oxygen atoms in total. The normalized spacial score (nSPS) is 21.4. The highest BCUT2D eigenvalue weighted by molar-refractivity contribution is 9.09. The van der Waals surface area contributed by atoms with Crippen molar-refractivity contribution in [1.29, 1.82) is 0 Å². The van der Waals surface area contributed by atoms with Crippen molar-refractivity contribution in [2.75, 3.05) is 6.54 Å². The predicted octanol–water partition coefficient (Wildman–Crippen LogP) is 2.85. The fraction of sp³-hybridized carbons (Fsp3) is 0.333. The Balaban J connectivity index is 2.13. The maximum Gasteiger partial charge on any atom is 0.254 e. The van der Waals surface area contributed by atoms with Gasteiger partial charge in [0, 0.05) is 12.1 Å². The van der Waals surface area contributed by atoms with E-state index in [1.807, 2.05) is 35.2 Å². The second kappa shape index (κ2) is 4.79. The van der Waals surface area contributed by atoms with Crippen LogP contribution in [0.4, 0.5) is 0 Å². The van der Waals surface area contributed by atoms with Crippen molar-refractivity contribution in [2.45, 2.75) is 17.8 Å². The molecule has 1 unspecified atom stereocenters. The van der Waals surface area contributed by atoms with Gasteiger partial charge in [0.1, 0.15) is 0 Å². The van der Waals surface area contributed by atoms with Crippen LogP contribution in [0.1, 0.15) is 23.2 Å². The third-order valence-electron chi connectivity index (χ3n) is 2.56. The summed E-state index contributed by atoms with van der Waals surface area (Å²) < 4.78 is 0. The van der Waals surface area contributed by atoms with E-state index in [0.29, 0.717) is 0 Å². The summed E-state index contributed by atoms with van der Waals surface area (Å²) in [6.45, 7) is 0.809. The van der Waals surface area contributed by atoms with Gasteiger partial charge in [-0.3, -0.25) is 4.79 Å². The maximum absolute atomic E-state index is 12.1. The van der Waals surface area contributed by atoms with E-state index < -0.39 is 0 Å². The fourth-order valence-electron chi connectivity index (χ4n) is 1.73. The van der Waals surface area contributed by atoms with Gasteiger partial charge >= 0.3 is 0 Å². The molecule has 1 aromatic rings. The molecule has 79 valence electrons. The van der Waals surface area contributed by atoms with Gasteiger partial charge in [0.2, 0.25) is 0 Å². The summed E-state index contributed by atoms with van der Waals surface area (Å²) >= 11 is 3.53. The topological polar surface area (TPSA) is 20.3 Å². The maximum atomic E-state index is 12.1. The highest BCUT2D eigenvalue weighted by Crippen LogP contribution is 2.22. The van der Waals surface area contributed by atoms with Gasteiger partial charge in [-0.1, -0.05) is 34.1 Å². The second-order valence-corrected chi connectivity index (χ2v) is 4.67. The van der Waals surface area contributed by atoms with Crippen LogP contribution in [0, 0.1) is 6.42 Å². The molecule has 1 atom stereocenters. The Morgan fingerprint density at radius 3 is 2.73 bits per heavy atom. The SMILES string of the molecule is O=C(c1ccccc1)N1CC[CH]CC1Br. The monoisotopic (exact) mass is 266 g/mol. The van der Waals surface area contributed by atoms with Crippen LogP contribution in [-0.4, -0.2) is 22.3 Å². The number of benzene rings is 1. The smallest absolute Gasteiger partial charge is 0.254 e. The van der Waals surface area contributed by atoms with E-state index in [0.717, 1.165) is 24.9 Å². The Morgan fingerprint density at radius 1 is 1.33 bits per heavy atom. The van der Waals surface area contributed by atoms with Crippen LogP contribution in [-0.2, 0) is 0 Å². The first-order chi connectivity index (χ1) is 7.29. The molecule has 1 heterocycles. The van der Waals surface area contributed by atoms with Crippen molar-refractivity contribution < 1.29 is 4.79 Å². The molecule has 15 heavy (non-hydrogen) atoms. The highest BCUT2D eigenvalue weighted by Gasteiger charge is 2.25. The van der Waals surface area contributed by atoms with Gasteiger partial charge in [0.05, 0.1) is 4.95 Å². The summed E-state index contributed by atoms with van der Waals surface area (Å²) in [6.07, 6.45) is 4.13. The average molecular weight is 267 g/mol. The molecule has 1 fully saturated rings. The van der Waals surface area contributed by atoms with Crippen molar-refractivity contribution in [2.24, 2.45) is 0 Å². The van der Waals surface area contributed by atoms with Crippen LogP contribution in [0.2, 0.25) is 0 Å². The summed E-state index contributed by atoms with van der Waals surface area (Å²) in [4.78, 5) is 14.1. The van der Waals surface area contributed by atoms with Crippen LogP contribution in [0.3, 0.4) is 0 Å². The molecule has 1 aliphatic heterocycles. The van der Waals surface area contributed by atoms with Crippen LogP contribution in [0.25, 0.3) is 0 Å². The Morgan fingerprint density at radius 2 is 2.07 bits per heavy atom. The van der Waals surface area contributed by atoms with E-state index in [9.17, 15) is 4.79 Å². The lowest BCUT2D eigenvalue weighted by atomic mass is 10.1. The van der Waals surface area contributed by atoms with Gasteiger partial charge in [-0.15, -0.1) is 0 Å². The van der Waals surface area contributed by atoms with Crippen molar-refractivity contribution in [3.05, 3.63) is 42.3 Å². The molecule has 0 bridgehead atoms. The third kappa shape index (κ3) is 2.40. The molecule has 0 aliphatic carbocycles. The summed E-state index contributed by atoms with van der Waals surface area (Å²) in [5.41, 5.74) is 0.767. The summed E-state index contributed by atoms with van der Waals surface area (Å²) in [7, 11) is 0. The van der Waals surface area contributed by atoms with Crippen LogP contribution in [0.15, 0.2) is 30.3 Å². The average Bonchev–Trinajstić information content (AvgIpc) is 2.30. The van der Waals surface area contributed by atoms with Gasteiger partial charge in [-0.05, 0) is 31.4 Å². The number of amides is 1. The number of hydrogen-bond donors (Lipinski definition) is 0. The Hall–Kier alpha value is -0.830. The van der Waals surface area contributed by atoms with E-state index >= 15 is 0 Å². The van der Waals surface area contributed by atoms with E-state index in [-0.39, 0.29) is 10.9 Å². The molecular weight excluding hydrogens is 254 g/mol. The number of piperidine rings is 1. The number of likely N-dealkylation sites (tertiary alicyclic amines) is 1. The standard InChI is InChI=1S/C12H13BrNO/c13-11-8-4-5-9-14(11)12(15)10-6-2-1-3-7-10/h1-4,6-7,11H,5,8-9H2. The Bertz CT molecular complexity index is 339. The first kappa shape index (κ1) is 10.7. The first-order valence-corrected chi connectivity index (χ1v) is 6.02. The van der Waals surface area contributed by atoms with Gasteiger partial charge in [0.25, 0.3) is 5.91 Å². The largest absolute Gasteiger partial charge is 0.326 e. The lowest BCUT2D eigenvalue weighted by Crippen LogP contribution is -2.40. The molecule has 2 rings (SSSR count). The second-order valence-electron chi connectivity index (χ2n) is 3.61. The van der Waals surface area contributed by atoms with Crippen LogP contribution >= 0.6 is 15.9 Å². The number of carbonyl (C=O) groups excluding carboxylic acids is 1. The van der Waals surface area contributed by atoms with Gasteiger partial charge in [-0.2, -0.15) is 0 Å². The summed E-state index contributed by atoms with van der Waals surface area (Å²) in [5, 5.41) is 0. The third-order valence-corrected chi connectivity index (χ3v) is 3.42. The zero-order valence-electron chi connectivity index (χ0n) is 8.40. The summed E-state index contributed by atoms with van der Waals surface area (Å²) in [5.74, 6) is 0.116. The molecule has 0 N–H and O–H groups in total. The van der Waals surface area contributed by atoms with Crippen molar-refractivity contribution >= 4 is 21.8 Å². The molecule has 0 spiro atoms. The van der Waals surface area contributed by atoms with E-state index in [2.05, 4.69) is 22.4 Å². The lowest BCUT2D eigenvalue weighted by Gasteiger charge is -2.31. The van der Waals surface area contributed by atoms with Crippen molar-refractivity contribution in [3.8, 4) is 0 Å². The summed E-state index contributed by atoms with van der Waals surface area (Å²) in [6, 6.07) is 9.44. The van der Waals surface area contributed by atoms with Crippen molar-refractivity contribution in [1.82, 2.24) is 4.90 Å². The predicted molar refractivity (Wildman–Crippen MR) is 63.7 cm³/mol. The van der Waals surface area contributed by atoms with E-state index in [1.165, 1.54) is 0 Å². The number of halogens is 1. The molecule has 0 saturated carbocycles. The fourth-order valence-corrected chi connectivity index (χ4v) is 2.38. The zero-order chi connectivity index (χ0) is 10.7. The Labute approximate surface area is 98.4 Å². The lowest BCUT2D eigenvalue weighted by molar-refractivity contribution is 0.0723. The molecule has 1 aromatic carbocycles. The van der Waals surface area contributed by atoms with Crippen LogP contribution < -0.4 is 0 Å². The molecule has 1 amide bonds. The number of alkyl halides is 1. The quantitative estimate of drug-likeness (QED) is 0.566. The Kier molecular flexibility index (Phi) is 3.41. The molecule has 3 heteroatoms. The minimum absolute atomic E-state index is 0.116. The van der Waals surface area contributed by atoms with Gasteiger partial charge in [-0.25, -0.2) is 0 Å². The number of nitrogens with zero attached hydrogens (tertiary/aromatic N) is 1. The number of carbonyl (C=O) groups is 1. The molecule has 0 aromatic heterocycles. The molecule has 1 radical (unpaired) electrons. The minimum Gasteiger partial charge on any atom is -0.326 e. The van der Waals surface area contributed by atoms with E-state index in [1.54, 1.807) is 0 Å². The highest BCUT2D eigenvalue weighted by atomic mass is 79.9. The first-order valence-electron chi connectivity index (χ1n) is 5.11. The molecular formula is C12H13BrNO. The van der Waals surface area contributed by atoms with E-state index in [4.69, 9.17) is 0 Å².